The molecule has 0 aliphatic heterocycles. The maximum absolute atomic E-state index is 13.2. The molecule has 3 aromatic rings. The number of methoxy groups -OCH3 is 1. The number of rotatable bonds is 6. The third-order valence-electron chi connectivity index (χ3n) is 3.95. The zero-order valence-corrected chi connectivity index (χ0v) is 15.7. The number of ether oxygens (including phenoxy) is 1. The Balaban J connectivity index is 1.77. The molecule has 3 aromatic carbocycles. The van der Waals surface area contributed by atoms with Gasteiger partial charge in [-0.15, -0.1) is 0 Å². The number of halogens is 1. The Morgan fingerprint density at radius 1 is 0.926 bits per heavy atom. The van der Waals surface area contributed by atoms with Crippen molar-refractivity contribution >= 4 is 27.1 Å². The largest absolute Gasteiger partial charge is 0.495 e. The second-order valence-electron chi connectivity index (χ2n) is 5.92. The van der Waals surface area contributed by atoms with Gasteiger partial charge in [-0.1, -0.05) is 12.1 Å². The summed E-state index contributed by atoms with van der Waals surface area (Å²) in [5.74, 6) is 0.229. The van der Waals surface area contributed by atoms with E-state index in [4.69, 9.17) is 4.74 Å². The number of aryl methyl sites for hydroxylation is 1. The van der Waals surface area contributed by atoms with E-state index in [-0.39, 0.29) is 4.90 Å². The van der Waals surface area contributed by atoms with Crippen LogP contribution in [0.15, 0.2) is 71.6 Å². The van der Waals surface area contributed by atoms with E-state index < -0.39 is 15.8 Å². The highest BCUT2D eigenvalue weighted by molar-refractivity contribution is 7.92. The average molecular weight is 386 g/mol. The van der Waals surface area contributed by atoms with Gasteiger partial charge in [0.05, 0.1) is 17.7 Å². The summed E-state index contributed by atoms with van der Waals surface area (Å²) in [6, 6.07) is 17.9. The second-order valence-corrected chi connectivity index (χ2v) is 7.57. The Labute approximate surface area is 157 Å². The van der Waals surface area contributed by atoms with Gasteiger partial charge in [0.15, 0.2) is 0 Å². The van der Waals surface area contributed by atoms with Crippen molar-refractivity contribution in [2.75, 3.05) is 17.1 Å². The number of sulfonamides is 1. The van der Waals surface area contributed by atoms with Gasteiger partial charge in [0.1, 0.15) is 11.6 Å². The van der Waals surface area contributed by atoms with Crippen LogP contribution in [0.5, 0.6) is 5.75 Å². The fraction of sp³-hybridized carbons (Fsp3) is 0.100. The Hall–Kier alpha value is -3.06. The molecule has 0 aliphatic rings. The topological polar surface area (TPSA) is 67.4 Å². The van der Waals surface area contributed by atoms with Gasteiger partial charge in [-0.25, -0.2) is 12.8 Å². The van der Waals surface area contributed by atoms with Crippen LogP contribution >= 0.6 is 0 Å². The number of benzene rings is 3. The first-order chi connectivity index (χ1) is 12.9. The molecule has 0 saturated heterocycles. The Morgan fingerprint density at radius 2 is 1.59 bits per heavy atom. The highest BCUT2D eigenvalue weighted by Crippen LogP contribution is 2.28. The molecule has 2 N–H and O–H groups in total. The summed E-state index contributed by atoms with van der Waals surface area (Å²) >= 11 is 0. The van der Waals surface area contributed by atoms with Crippen LogP contribution in [0.2, 0.25) is 0 Å². The molecule has 0 spiro atoms. The van der Waals surface area contributed by atoms with E-state index in [9.17, 15) is 12.8 Å². The minimum Gasteiger partial charge on any atom is -0.495 e. The molecule has 0 bridgehead atoms. The van der Waals surface area contributed by atoms with Crippen molar-refractivity contribution in [2.24, 2.45) is 0 Å². The molecular formula is C20H19FN2O3S. The molecule has 7 heteroatoms. The van der Waals surface area contributed by atoms with E-state index >= 15 is 0 Å². The van der Waals surface area contributed by atoms with E-state index in [2.05, 4.69) is 10.0 Å². The van der Waals surface area contributed by atoms with Gasteiger partial charge < -0.3 is 10.1 Å². The quantitative estimate of drug-likeness (QED) is 0.645. The van der Waals surface area contributed by atoms with E-state index in [1.165, 1.54) is 12.1 Å². The Kier molecular flexibility index (Phi) is 5.32. The number of para-hydroxylation sites is 2. The summed E-state index contributed by atoms with van der Waals surface area (Å²) in [7, 11) is -2.21. The summed E-state index contributed by atoms with van der Waals surface area (Å²) in [4.78, 5) is 0.0418. The highest BCUT2D eigenvalue weighted by Gasteiger charge is 2.17. The van der Waals surface area contributed by atoms with Crippen LogP contribution in [0, 0.1) is 12.7 Å². The van der Waals surface area contributed by atoms with E-state index in [0.29, 0.717) is 17.0 Å². The second kappa shape index (κ2) is 7.67. The van der Waals surface area contributed by atoms with Crippen LogP contribution in [0.3, 0.4) is 0 Å². The zero-order chi connectivity index (χ0) is 19.4. The maximum atomic E-state index is 13.2. The van der Waals surface area contributed by atoms with Crippen LogP contribution in [0.1, 0.15) is 5.56 Å². The molecule has 0 saturated carbocycles. The minimum atomic E-state index is -3.80. The van der Waals surface area contributed by atoms with Crippen molar-refractivity contribution in [1.82, 2.24) is 0 Å². The first-order valence-corrected chi connectivity index (χ1v) is 9.66. The zero-order valence-electron chi connectivity index (χ0n) is 14.9. The molecule has 0 atom stereocenters. The molecule has 27 heavy (non-hydrogen) atoms. The number of anilines is 3. The van der Waals surface area contributed by atoms with E-state index in [0.717, 1.165) is 17.4 Å². The molecule has 0 heterocycles. The molecule has 0 aromatic heterocycles. The summed E-state index contributed by atoms with van der Waals surface area (Å²) in [6.07, 6.45) is 0. The van der Waals surface area contributed by atoms with Crippen LogP contribution in [0.25, 0.3) is 0 Å². The van der Waals surface area contributed by atoms with Gasteiger partial charge in [-0.2, -0.15) is 0 Å². The highest BCUT2D eigenvalue weighted by atomic mass is 32.2. The molecule has 3 rings (SSSR count). The lowest BCUT2D eigenvalue weighted by atomic mass is 10.2. The maximum Gasteiger partial charge on any atom is 0.262 e. The normalized spacial score (nSPS) is 11.1. The number of nitrogens with one attached hydrogen (secondary N) is 2. The van der Waals surface area contributed by atoms with Gasteiger partial charge in [-0.3, -0.25) is 4.72 Å². The van der Waals surface area contributed by atoms with Gasteiger partial charge >= 0.3 is 0 Å². The molecule has 0 radical (unpaired) electrons. The van der Waals surface area contributed by atoms with E-state index in [1.807, 2.05) is 24.3 Å². The van der Waals surface area contributed by atoms with E-state index in [1.54, 1.807) is 38.3 Å². The van der Waals surface area contributed by atoms with Gasteiger partial charge in [0.25, 0.3) is 10.0 Å². The average Bonchev–Trinajstić information content (AvgIpc) is 2.63. The Morgan fingerprint density at radius 3 is 2.26 bits per heavy atom. The van der Waals surface area contributed by atoms with Crippen LogP contribution in [0.4, 0.5) is 21.5 Å². The molecule has 0 aliphatic carbocycles. The smallest absolute Gasteiger partial charge is 0.262 e. The third kappa shape index (κ3) is 4.38. The van der Waals surface area contributed by atoms with Crippen molar-refractivity contribution in [3.8, 4) is 5.75 Å². The summed E-state index contributed by atoms with van der Waals surface area (Å²) in [6.45, 7) is 1.55. The van der Waals surface area contributed by atoms with Gasteiger partial charge in [-0.05, 0) is 67.1 Å². The summed E-state index contributed by atoms with van der Waals surface area (Å²) in [5, 5.41) is 3.22. The van der Waals surface area contributed by atoms with Gasteiger partial charge in [0.2, 0.25) is 0 Å². The van der Waals surface area contributed by atoms with Crippen molar-refractivity contribution < 1.29 is 17.5 Å². The first kappa shape index (κ1) is 18.7. The van der Waals surface area contributed by atoms with Crippen molar-refractivity contribution in [3.63, 3.8) is 0 Å². The van der Waals surface area contributed by atoms with Crippen LogP contribution in [-0.4, -0.2) is 15.5 Å². The Bertz CT molecular complexity index is 1050. The molecule has 140 valence electrons. The van der Waals surface area contributed by atoms with Gasteiger partial charge in [0, 0.05) is 11.4 Å². The fourth-order valence-electron chi connectivity index (χ4n) is 2.65. The lowest BCUT2D eigenvalue weighted by Crippen LogP contribution is -2.14. The first-order valence-electron chi connectivity index (χ1n) is 8.18. The van der Waals surface area contributed by atoms with Crippen molar-refractivity contribution in [2.45, 2.75) is 11.8 Å². The molecule has 0 unspecified atom stereocenters. The molecule has 5 nitrogen and oxygen atoms in total. The number of hydrogen-bond acceptors (Lipinski definition) is 4. The minimum absolute atomic E-state index is 0.0418. The molecular weight excluding hydrogens is 367 g/mol. The summed E-state index contributed by atoms with van der Waals surface area (Å²) < 4.78 is 46.1. The SMILES string of the molecule is COc1ccccc1Nc1ccc(NS(=O)(=O)c2ccc(F)cc2C)cc1. The predicted molar refractivity (Wildman–Crippen MR) is 105 cm³/mol. The number of hydrogen-bond donors (Lipinski definition) is 2. The summed E-state index contributed by atoms with van der Waals surface area (Å²) in [5.41, 5.74) is 2.33. The fourth-order valence-corrected chi connectivity index (χ4v) is 3.94. The van der Waals surface area contributed by atoms with Crippen molar-refractivity contribution in [1.29, 1.82) is 0 Å². The predicted octanol–water partition coefficient (Wildman–Crippen LogP) is 4.69. The van der Waals surface area contributed by atoms with Crippen LogP contribution < -0.4 is 14.8 Å². The molecule has 0 fully saturated rings. The lowest BCUT2D eigenvalue weighted by molar-refractivity contribution is 0.417. The molecule has 0 amide bonds. The van der Waals surface area contributed by atoms with Crippen LogP contribution in [-0.2, 0) is 10.0 Å². The standard InChI is InChI=1S/C20H19FN2O3S/c1-14-13-15(21)7-12-20(14)27(24,25)23-17-10-8-16(9-11-17)22-18-5-3-4-6-19(18)26-2/h3-13,22-23H,1-2H3. The third-order valence-corrected chi connectivity index (χ3v) is 5.49. The van der Waals surface area contributed by atoms with Crippen molar-refractivity contribution in [3.05, 3.63) is 78.1 Å². The lowest BCUT2D eigenvalue weighted by Gasteiger charge is -2.13. The monoisotopic (exact) mass is 386 g/mol.